The lowest BCUT2D eigenvalue weighted by Crippen LogP contribution is -2.13. The second-order valence-electron chi connectivity index (χ2n) is 5.67. The number of benzene rings is 2. The number of hydrogen-bond acceptors (Lipinski definition) is 9. The van der Waals surface area contributed by atoms with Gasteiger partial charge in [-0.1, -0.05) is 35.2 Å². The van der Waals surface area contributed by atoms with Crippen molar-refractivity contribution >= 4 is 51.4 Å². The number of carbonyl (C=O) groups is 2. The fraction of sp³-hybridized carbons (Fsp3) is 0.111. The van der Waals surface area contributed by atoms with E-state index in [0.717, 1.165) is 23.1 Å². The van der Waals surface area contributed by atoms with E-state index in [0.29, 0.717) is 15.8 Å². The molecule has 154 valence electrons. The lowest BCUT2D eigenvalue weighted by Gasteiger charge is -2.05. The fourth-order valence-corrected chi connectivity index (χ4v) is 3.85. The molecule has 0 unspecified atom stereocenters. The van der Waals surface area contributed by atoms with Gasteiger partial charge in [0.05, 0.1) is 17.8 Å². The number of methoxy groups -OCH3 is 1. The maximum atomic E-state index is 12.3. The predicted molar refractivity (Wildman–Crippen MR) is 113 cm³/mol. The molecule has 30 heavy (non-hydrogen) atoms. The van der Waals surface area contributed by atoms with Crippen molar-refractivity contribution in [1.29, 1.82) is 0 Å². The number of aromatic nitrogens is 2. The van der Waals surface area contributed by atoms with Gasteiger partial charge in [0.1, 0.15) is 11.3 Å². The molecule has 0 aliphatic rings. The summed E-state index contributed by atoms with van der Waals surface area (Å²) in [6.07, 6.45) is 0. The zero-order valence-corrected chi connectivity index (χ0v) is 17.2. The summed E-state index contributed by atoms with van der Waals surface area (Å²) in [6, 6.07) is 12.5. The van der Waals surface area contributed by atoms with Crippen LogP contribution in [0.5, 0.6) is 5.75 Å². The van der Waals surface area contributed by atoms with Crippen LogP contribution in [0.3, 0.4) is 0 Å². The minimum atomic E-state index is -0.660. The van der Waals surface area contributed by atoms with Gasteiger partial charge in [0.2, 0.25) is 11.0 Å². The number of rotatable bonds is 8. The average molecular weight is 445 g/mol. The molecule has 1 aromatic heterocycles. The van der Waals surface area contributed by atoms with Gasteiger partial charge >= 0.3 is 0 Å². The Kier molecular flexibility index (Phi) is 6.93. The summed E-state index contributed by atoms with van der Waals surface area (Å²) in [7, 11) is 1.56. The van der Waals surface area contributed by atoms with Gasteiger partial charge in [-0.05, 0) is 30.3 Å². The first-order valence-electron chi connectivity index (χ1n) is 8.41. The quantitative estimate of drug-likeness (QED) is 0.233. The summed E-state index contributed by atoms with van der Waals surface area (Å²) in [6.45, 7) is 0. The number of nitrogens with one attached hydrogen (secondary N) is 2. The van der Waals surface area contributed by atoms with E-state index in [1.807, 2.05) is 0 Å². The minimum absolute atomic E-state index is 0.0780. The number of nitrogens with zero attached hydrogens (tertiary/aromatic N) is 3. The van der Waals surface area contributed by atoms with E-state index in [1.54, 1.807) is 31.4 Å². The average Bonchev–Trinajstić information content (AvgIpc) is 3.20. The number of nitro groups is 1. The zero-order valence-electron chi connectivity index (χ0n) is 15.5. The van der Waals surface area contributed by atoms with Crippen LogP contribution >= 0.6 is 23.1 Å². The highest BCUT2D eigenvalue weighted by Crippen LogP contribution is 2.27. The number of amides is 2. The van der Waals surface area contributed by atoms with E-state index in [2.05, 4.69) is 20.8 Å². The van der Waals surface area contributed by atoms with Crippen molar-refractivity contribution in [3.05, 3.63) is 64.2 Å². The van der Waals surface area contributed by atoms with Crippen LogP contribution in [0, 0.1) is 10.1 Å². The van der Waals surface area contributed by atoms with Crippen LogP contribution in [-0.4, -0.2) is 39.8 Å². The van der Waals surface area contributed by atoms with Gasteiger partial charge in [-0.2, -0.15) is 0 Å². The summed E-state index contributed by atoms with van der Waals surface area (Å²) >= 11 is 2.22. The van der Waals surface area contributed by atoms with Crippen LogP contribution < -0.4 is 15.4 Å². The van der Waals surface area contributed by atoms with Gasteiger partial charge in [0.25, 0.3) is 11.6 Å². The Morgan fingerprint density at radius 2 is 1.87 bits per heavy atom. The third-order valence-corrected chi connectivity index (χ3v) is 5.64. The molecule has 3 rings (SSSR count). The molecule has 0 radical (unpaired) electrons. The van der Waals surface area contributed by atoms with Crippen molar-refractivity contribution in [1.82, 2.24) is 10.2 Å². The van der Waals surface area contributed by atoms with E-state index in [4.69, 9.17) is 4.74 Å². The molecule has 0 atom stereocenters. The number of ether oxygens (including phenoxy) is 1. The highest BCUT2D eigenvalue weighted by molar-refractivity contribution is 8.01. The summed E-state index contributed by atoms with van der Waals surface area (Å²) in [5.74, 6) is -0.108. The Labute approximate surface area is 178 Å². The van der Waals surface area contributed by atoms with Gasteiger partial charge in [0, 0.05) is 11.8 Å². The number of anilines is 2. The molecule has 2 N–H and O–H groups in total. The molecule has 2 amide bonds. The van der Waals surface area contributed by atoms with E-state index < -0.39 is 10.8 Å². The molecule has 3 aromatic rings. The predicted octanol–water partition coefficient (Wildman–Crippen LogP) is 3.44. The molecule has 0 bridgehead atoms. The Morgan fingerprint density at radius 3 is 2.57 bits per heavy atom. The van der Waals surface area contributed by atoms with Crippen molar-refractivity contribution in [2.75, 3.05) is 23.5 Å². The number of carbonyl (C=O) groups excluding carboxylic acids is 2. The van der Waals surface area contributed by atoms with E-state index in [9.17, 15) is 19.7 Å². The molecule has 1 heterocycles. The highest BCUT2D eigenvalue weighted by atomic mass is 32.2. The molecule has 0 aliphatic carbocycles. The normalized spacial score (nSPS) is 10.3. The van der Waals surface area contributed by atoms with Gasteiger partial charge in [0.15, 0.2) is 4.34 Å². The molecule has 0 saturated carbocycles. The van der Waals surface area contributed by atoms with Gasteiger partial charge in [-0.15, -0.1) is 10.2 Å². The second-order valence-corrected chi connectivity index (χ2v) is 7.87. The standard InChI is InChI=1S/C18H15N5O5S2/c1-28-12-8-6-11(7-9-12)19-15(24)10-29-18-22-21-17(30-18)20-16(25)13-4-2-3-5-14(13)23(26)27/h2-9H,10H2,1H3,(H,19,24)(H,20,21,25). The number of thioether (sulfide) groups is 1. The molecule has 12 heteroatoms. The largest absolute Gasteiger partial charge is 0.497 e. The van der Waals surface area contributed by atoms with Crippen LogP contribution in [0.25, 0.3) is 0 Å². The topological polar surface area (TPSA) is 136 Å². The van der Waals surface area contributed by atoms with Crippen LogP contribution in [-0.2, 0) is 4.79 Å². The maximum absolute atomic E-state index is 12.3. The highest BCUT2D eigenvalue weighted by Gasteiger charge is 2.20. The minimum Gasteiger partial charge on any atom is -0.497 e. The fourth-order valence-electron chi connectivity index (χ4n) is 2.31. The smallest absolute Gasteiger partial charge is 0.282 e. The number of nitro benzene ring substituents is 1. The summed E-state index contributed by atoms with van der Waals surface area (Å²) < 4.78 is 5.53. The van der Waals surface area contributed by atoms with Gasteiger partial charge in [-0.25, -0.2) is 0 Å². The molecule has 2 aromatic carbocycles. The first-order chi connectivity index (χ1) is 14.5. The molecule has 0 aliphatic heterocycles. The molecule has 10 nitrogen and oxygen atoms in total. The summed E-state index contributed by atoms with van der Waals surface area (Å²) in [5.41, 5.74) is 0.256. The number of hydrogen-bond donors (Lipinski definition) is 2. The Balaban J connectivity index is 1.54. The van der Waals surface area contributed by atoms with Gasteiger partial charge in [-0.3, -0.25) is 25.0 Å². The molecule has 0 fully saturated rings. The molecular formula is C18H15N5O5S2. The van der Waals surface area contributed by atoms with Crippen molar-refractivity contribution in [3.63, 3.8) is 0 Å². The van der Waals surface area contributed by atoms with Crippen molar-refractivity contribution in [2.45, 2.75) is 4.34 Å². The van der Waals surface area contributed by atoms with Crippen molar-refractivity contribution < 1.29 is 19.2 Å². The lowest BCUT2D eigenvalue weighted by molar-refractivity contribution is -0.385. The maximum Gasteiger partial charge on any atom is 0.282 e. The van der Waals surface area contributed by atoms with Crippen molar-refractivity contribution in [3.8, 4) is 5.75 Å². The van der Waals surface area contributed by atoms with Crippen LogP contribution in [0.4, 0.5) is 16.5 Å². The SMILES string of the molecule is COc1ccc(NC(=O)CSc2nnc(NC(=O)c3ccccc3[N+](=O)[O-])s2)cc1. The van der Waals surface area contributed by atoms with Crippen molar-refractivity contribution in [2.24, 2.45) is 0 Å². The van der Waals surface area contributed by atoms with E-state index in [1.165, 1.54) is 24.3 Å². The Hall–Kier alpha value is -3.51. The molecular weight excluding hydrogens is 430 g/mol. The zero-order chi connectivity index (χ0) is 21.5. The summed E-state index contributed by atoms with van der Waals surface area (Å²) in [5, 5.41) is 24.2. The molecule has 0 spiro atoms. The van der Waals surface area contributed by atoms with Crippen LogP contribution in [0.15, 0.2) is 52.9 Å². The Bertz CT molecular complexity index is 1070. The second kappa shape index (κ2) is 9.80. The molecule has 0 saturated heterocycles. The van der Waals surface area contributed by atoms with Gasteiger partial charge < -0.3 is 10.1 Å². The van der Waals surface area contributed by atoms with Crippen LogP contribution in [0.2, 0.25) is 0 Å². The third-order valence-electron chi connectivity index (χ3n) is 3.67. The number of para-hydroxylation sites is 1. The summed E-state index contributed by atoms with van der Waals surface area (Å²) in [4.78, 5) is 34.8. The Morgan fingerprint density at radius 1 is 1.13 bits per heavy atom. The first kappa shape index (κ1) is 21.2. The van der Waals surface area contributed by atoms with E-state index >= 15 is 0 Å². The van der Waals surface area contributed by atoms with E-state index in [-0.39, 0.29) is 28.0 Å². The van der Waals surface area contributed by atoms with Crippen LogP contribution in [0.1, 0.15) is 10.4 Å². The third kappa shape index (κ3) is 5.52. The first-order valence-corrected chi connectivity index (χ1v) is 10.2. The lowest BCUT2D eigenvalue weighted by atomic mass is 10.1. The monoisotopic (exact) mass is 445 g/mol.